The topological polar surface area (TPSA) is 154 Å². The molecule has 1 atom stereocenters. The third-order valence-corrected chi connectivity index (χ3v) is 5.85. The molecule has 5 N–H and O–H groups in total. The average molecular weight is 470 g/mol. The molecule has 0 spiro atoms. The van der Waals surface area contributed by atoms with Gasteiger partial charge < -0.3 is 25.7 Å². The quantitative estimate of drug-likeness (QED) is 0.380. The number of rotatable bonds is 10. The number of primary amides is 1. The summed E-state index contributed by atoms with van der Waals surface area (Å²) in [7, 11) is 1.65. The lowest BCUT2D eigenvalue weighted by atomic mass is 10.0. The van der Waals surface area contributed by atoms with Gasteiger partial charge in [0.25, 0.3) is 0 Å². The summed E-state index contributed by atoms with van der Waals surface area (Å²) in [5.41, 5.74) is 15.3. The fourth-order valence-corrected chi connectivity index (χ4v) is 4.12. The molecular weight excluding hydrogens is 438 g/mol. The highest BCUT2D eigenvalue weighted by Crippen LogP contribution is 2.28. The van der Waals surface area contributed by atoms with Gasteiger partial charge in [0.05, 0.1) is 19.4 Å². The minimum Gasteiger partial charge on any atom is -0.496 e. The van der Waals surface area contributed by atoms with Crippen LogP contribution in [-0.2, 0) is 17.7 Å². The maximum Gasteiger partial charge on any atom is 0.404 e. The predicted molar refractivity (Wildman–Crippen MR) is 127 cm³/mol. The van der Waals surface area contributed by atoms with Gasteiger partial charge in [-0.15, -0.1) is 0 Å². The molecule has 0 saturated carbocycles. The van der Waals surface area contributed by atoms with Crippen molar-refractivity contribution >= 4 is 22.9 Å². The fourth-order valence-electron chi connectivity index (χ4n) is 4.12. The molecule has 1 aliphatic heterocycles. The van der Waals surface area contributed by atoms with Crippen LogP contribution in [0.15, 0.2) is 18.2 Å². The monoisotopic (exact) mass is 469 g/mol. The minimum absolute atomic E-state index is 0.156. The molecule has 1 amide bonds. The Morgan fingerprint density at radius 2 is 2.18 bits per heavy atom. The van der Waals surface area contributed by atoms with Crippen LogP contribution < -0.4 is 20.9 Å². The summed E-state index contributed by atoms with van der Waals surface area (Å²) >= 11 is 0. The van der Waals surface area contributed by atoms with Crippen molar-refractivity contribution in [2.45, 2.75) is 45.3 Å². The zero-order valence-electron chi connectivity index (χ0n) is 19.5. The van der Waals surface area contributed by atoms with Crippen LogP contribution in [0.25, 0.3) is 11.0 Å². The van der Waals surface area contributed by atoms with Crippen molar-refractivity contribution in [1.82, 2.24) is 25.1 Å². The second-order valence-corrected chi connectivity index (χ2v) is 8.39. The third kappa shape index (κ3) is 5.48. The molecule has 0 radical (unpaired) electrons. The fraction of sp³-hybridized carbons (Fsp3) is 0.478. The summed E-state index contributed by atoms with van der Waals surface area (Å²) < 4.78 is 16.4. The van der Waals surface area contributed by atoms with Gasteiger partial charge in [-0.05, 0) is 24.5 Å². The van der Waals surface area contributed by atoms with E-state index in [2.05, 4.69) is 38.1 Å². The number of anilines is 1. The summed E-state index contributed by atoms with van der Waals surface area (Å²) in [6.07, 6.45) is 2.34. The van der Waals surface area contributed by atoms with E-state index in [9.17, 15) is 4.79 Å². The number of unbranched alkanes of at least 4 members (excludes halogenated alkanes) is 1. The lowest BCUT2D eigenvalue weighted by Crippen LogP contribution is -2.26. The summed E-state index contributed by atoms with van der Waals surface area (Å²) in [5.74, 6) is 1.07. The Bertz CT molecular complexity index is 1150. The number of amides is 1. The summed E-state index contributed by atoms with van der Waals surface area (Å²) in [6, 6.07) is 6.38. The highest BCUT2D eigenvalue weighted by atomic mass is 16.6. The number of nitrogens with one attached hydrogen (secondary N) is 1. The molecule has 0 aliphatic carbocycles. The second-order valence-electron chi connectivity index (χ2n) is 8.39. The summed E-state index contributed by atoms with van der Waals surface area (Å²) in [5, 5.41) is 7.36. The van der Waals surface area contributed by atoms with Crippen LogP contribution in [0.5, 0.6) is 11.8 Å². The standard InChI is InChI=1S/C23H31N7O4/c1-3-4-9-33-23-26-19-17(28-29-20(19)21(24)27-23)11-15-6-5-14(10-18(15)32-2)12-30-8-7-16(13-30)34-22(25)31/h5-6,10,16H,3-4,7-9,11-13H2,1-2H3,(H2,25,31)(H,28,29)(H2,24,26,27). The molecule has 1 aliphatic rings. The Hall–Kier alpha value is -3.60. The first-order chi connectivity index (χ1) is 16.5. The maximum absolute atomic E-state index is 11.0. The Kier molecular flexibility index (Phi) is 7.31. The molecule has 1 aromatic carbocycles. The third-order valence-electron chi connectivity index (χ3n) is 5.85. The van der Waals surface area contributed by atoms with Crippen molar-refractivity contribution < 1.29 is 19.0 Å². The smallest absolute Gasteiger partial charge is 0.404 e. The van der Waals surface area contributed by atoms with Gasteiger partial charge in [-0.25, -0.2) is 4.79 Å². The predicted octanol–water partition coefficient (Wildman–Crippen LogP) is 2.38. The van der Waals surface area contributed by atoms with E-state index in [0.717, 1.165) is 54.9 Å². The molecule has 3 heterocycles. The maximum atomic E-state index is 11.0. The van der Waals surface area contributed by atoms with E-state index in [1.54, 1.807) is 7.11 Å². The second kappa shape index (κ2) is 10.6. The van der Waals surface area contributed by atoms with Crippen LogP contribution in [0.3, 0.4) is 0 Å². The molecule has 4 rings (SSSR count). The van der Waals surface area contributed by atoms with Gasteiger partial charge in [0.2, 0.25) is 0 Å². The zero-order chi connectivity index (χ0) is 24.1. The van der Waals surface area contributed by atoms with Gasteiger partial charge >= 0.3 is 12.1 Å². The molecule has 11 heteroatoms. The number of H-pyrrole nitrogens is 1. The van der Waals surface area contributed by atoms with E-state index in [1.165, 1.54) is 0 Å². The average Bonchev–Trinajstić information content (AvgIpc) is 3.41. The number of aromatic amines is 1. The number of carbonyl (C=O) groups is 1. The SMILES string of the molecule is CCCCOc1nc(N)c2[nH]nc(Cc3ccc(CN4CCC(OC(N)=O)C4)cc3OC)c2n1. The zero-order valence-corrected chi connectivity index (χ0v) is 19.5. The Balaban J connectivity index is 1.49. The van der Waals surface area contributed by atoms with Crippen LogP contribution in [0, 0.1) is 0 Å². The first kappa shape index (κ1) is 23.6. The van der Waals surface area contributed by atoms with Gasteiger partial charge in [0.15, 0.2) is 5.82 Å². The lowest BCUT2D eigenvalue weighted by molar-refractivity contribution is 0.109. The number of nitrogens with two attached hydrogens (primary N) is 2. The van der Waals surface area contributed by atoms with Crippen molar-refractivity contribution in [3.63, 3.8) is 0 Å². The molecule has 3 aromatic rings. The summed E-state index contributed by atoms with van der Waals surface area (Å²) in [4.78, 5) is 22.0. The number of methoxy groups -OCH3 is 1. The number of likely N-dealkylation sites (tertiary alicyclic amines) is 1. The van der Waals surface area contributed by atoms with Crippen molar-refractivity contribution in [2.75, 3.05) is 32.5 Å². The molecule has 182 valence electrons. The van der Waals surface area contributed by atoms with E-state index in [-0.39, 0.29) is 12.1 Å². The molecular formula is C23H31N7O4. The lowest BCUT2D eigenvalue weighted by Gasteiger charge is -2.17. The van der Waals surface area contributed by atoms with Crippen molar-refractivity contribution in [3.05, 3.63) is 35.0 Å². The number of carbonyl (C=O) groups excluding carboxylic acids is 1. The number of aromatic nitrogens is 4. The largest absolute Gasteiger partial charge is 0.496 e. The normalized spacial score (nSPS) is 16.1. The van der Waals surface area contributed by atoms with E-state index >= 15 is 0 Å². The Morgan fingerprint density at radius 1 is 1.32 bits per heavy atom. The number of fused-ring (bicyclic) bond motifs is 1. The van der Waals surface area contributed by atoms with Crippen LogP contribution in [0.1, 0.15) is 43.0 Å². The molecule has 1 fully saturated rings. The van der Waals surface area contributed by atoms with Gasteiger partial charge in [-0.3, -0.25) is 10.00 Å². The number of nitrogens with zero attached hydrogens (tertiary/aromatic N) is 4. The van der Waals surface area contributed by atoms with Crippen LogP contribution in [-0.4, -0.2) is 64.1 Å². The van der Waals surface area contributed by atoms with Crippen molar-refractivity contribution in [2.24, 2.45) is 5.73 Å². The Morgan fingerprint density at radius 3 is 2.94 bits per heavy atom. The first-order valence-corrected chi connectivity index (χ1v) is 11.4. The highest BCUT2D eigenvalue weighted by Gasteiger charge is 2.25. The molecule has 1 saturated heterocycles. The van der Waals surface area contributed by atoms with Crippen molar-refractivity contribution in [3.8, 4) is 11.8 Å². The molecule has 0 bridgehead atoms. The number of ether oxygens (including phenoxy) is 3. The van der Waals surface area contributed by atoms with E-state index < -0.39 is 6.09 Å². The molecule has 2 aromatic heterocycles. The van der Waals surface area contributed by atoms with E-state index in [0.29, 0.717) is 36.4 Å². The van der Waals surface area contributed by atoms with Gasteiger partial charge in [-0.1, -0.05) is 25.5 Å². The van der Waals surface area contributed by atoms with Gasteiger partial charge in [0.1, 0.15) is 22.9 Å². The molecule has 34 heavy (non-hydrogen) atoms. The number of hydrogen-bond donors (Lipinski definition) is 3. The Labute approximate surface area is 197 Å². The van der Waals surface area contributed by atoms with Crippen LogP contribution in [0.4, 0.5) is 10.6 Å². The van der Waals surface area contributed by atoms with E-state index in [1.807, 2.05) is 12.1 Å². The summed E-state index contributed by atoms with van der Waals surface area (Å²) in [6.45, 7) is 4.86. The highest BCUT2D eigenvalue weighted by molar-refractivity contribution is 5.86. The number of benzene rings is 1. The van der Waals surface area contributed by atoms with Crippen molar-refractivity contribution in [1.29, 1.82) is 0 Å². The van der Waals surface area contributed by atoms with E-state index in [4.69, 9.17) is 25.7 Å². The van der Waals surface area contributed by atoms with Crippen LogP contribution >= 0.6 is 0 Å². The number of nitrogen functional groups attached to an aromatic ring is 1. The van der Waals surface area contributed by atoms with Gasteiger partial charge in [0, 0.05) is 31.6 Å². The van der Waals surface area contributed by atoms with Gasteiger partial charge in [-0.2, -0.15) is 15.1 Å². The molecule has 11 nitrogen and oxygen atoms in total. The number of hydrogen-bond acceptors (Lipinski definition) is 9. The first-order valence-electron chi connectivity index (χ1n) is 11.4. The minimum atomic E-state index is -0.726. The molecule has 1 unspecified atom stereocenters. The van der Waals surface area contributed by atoms with Crippen LogP contribution in [0.2, 0.25) is 0 Å².